The Balaban J connectivity index is 2.44. The molecule has 0 fully saturated rings. The van der Waals surface area contributed by atoms with Crippen LogP contribution in [-0.4, -0.2) is 21.4 Å². The molecule has 0 amide bonds. The third-order valence-corrected chi connectivity index (χ3v) is 3.18. The summed E-state index contributed by atoms with van der Waals surface area (Å²) in [6.07, 6.45) is 1.88. The van der Waals surface area contributed by atoms with Crippen LogP contribution in [0.2, 0.25) is 0 Å². The first kappa shape index (κ1) is 12.6. The van der Waals surface area contributed by atoms with Crippen LogP contribution in [0.4, 0.5) is 0 Å². The van der Waals surface area contributed by atoms with Gasteiger partial charge in [-0.3, -0.25) is 0 Å². The average Bonchev–Trinajstić information content (AvgIpc) is 2.63. The Bertz CT molecular complexity index is 546. The topological polar surface area (TPSA) is 64.1 Å². The number of hydrogen-bond acceptors (Lipinski definition) is 3. The maximum atomic E-state index is 9.88. The van der Waals surface area contributed by atoms with Crippen LogP contribution in [0.3, 0.4) is 0 Å². The summed E-state index contributed by atoms with van der Waals surface area (Å²) in [5.41, 5.74) is 9.57. The zero-order valence-corrected chi connectivity index (χ0v) is 10.8. The second-order valence-corrected chi connectivity index (χ2v) is 4.44. The van der Waals surface area contributed by atoms with Gasteiger partial charge in [0.05, 0.1) is 5.69 Å². The summed E-state index contributed by atoms with van der Waals surface area (Å²) in [6.45, 7) is 4.70. The number of aryl methyl sites for hydroxylation is 1. The van der Waals surface area contributed by atoms with Gasteiger partial charge in [-0.15, -0.1) is 0 Å². The molecular weight excluding hydrogens is 226 g/mol. The van der Waals surface area contributed by atoms with E-state index in [1.807, 2.05) is 26.0 Å². The highest BCUT2D eigenvalue weighted by molar-refractivity contribution is 5.47. The molecule has 4 heteroatoms. The van der Waals surface area contributed by atoms with Crippen molar-refractivity contribution in [3.63, 3.8) is 0 Å². The summed E-state index contributed by atoms with van der Waals surface area (Å²) in [5.74, 6) is 0.244. The molecule has 2 rings (SSSR count). The molecule has 0 radical (unpaired) electrons. The van der Waals surface area contributed by atoms with Crippen molar-refractivity contribution in [2.24, 2.45) is 5.73 Å². The van der Waals surface area contributed by atoms with Crippen LogP contribution in [0.15, 0.2) is 24.3 Å². The van der Waals surface area contributed by atoms with Crippen molar-refractivity contribution in [3.8, 4) is 11.4 Å². The number of hydrogen-bond donors (Lipinski definition) is 2. The van der Waals surface area contributed by atoms with Gasteiger partial charge in [0, 0.05) is 5.69 Å². The van der Waals surface area contributed by atoms with Crippen molar-refractivity contribution in [2.75, 3.05) is 6.54 Å². The third kappa shape index (κ3) is 2.24. The summed E-state index contributed by atoms with van der Waals surface area (Å²) < 4.78 is 1.80. The molecule has 0 unspecified atom stereocenters. The number of aromatic nitrogens is 2. The third-order valence-electron chi connectivity index (χ3n) is 3.18. The van der Waals surface area contributed by atoms with Gasteiger partial charge in [-0.2, -0.15) is 5.10 Å². The van der Waals surface area contributed by atoms with Crippen molar-refractivity contribution < 1.29 is 5.11 Å². The van der Waals surface area contributed by atoms with Crippen LogP contribution in [0.5, 0.6) is 5.75 Å². The summed E-state index contributed by atoms with van der Waals surface area (Å²) in [7, 11) is 0. The largest absolute Gasteiger partial charge is 0.506 e. The Hall–Kier alpha value is -1.81. The first-order chi connectivity index (χ1) is 8.65. The number of rotatable bonds is 4. The minimum absolute atomic E-state index is 0.244. The fraction of sp³-hybridized carbons (Fsp3) is 0.357. The normalized spacial score (nSPS) is 10.8. The summed E-state index contributed by atoms with van der Waals surface area (Å²) >= 11 is 0. The summed E-state index contributed by atoms with van der Waals surface area (Å²) in [5, 5.41) is 14.4. The number of phenols is 1. The van der Waals surface area contributed by atoms with Crippen LogP contribution >= 0.6 is 0 Å². The van der Waals surface area contributed by atoms with Crippen LogP contribution in [0.1, 0.15) is 23.4 Å². The van der Waals surface area contributed by atoms with E-state index in [4.69, 9.17) is 5.73 Å². The van der Waals surface area contributed by atoms with Gasteiger partial charge in [-0.05, 0) is 50.9 Å². The Morgan fingerprint density at radius 3 is 2.67 bits per heavy atom. The molecule has 0 bridgehead atoms. The van der Waals surface area contributed by atoms with E-state index in [0.717, 1.165) is 29.9 Å². The van der Waals surface area contributed by atoms with E-state index in [0.29, 0.717) is 6.54 Å². The molecule has 2 aromatic rings. The lowest BCUT2D eigenvalue weighted by molar-refractivity contribution is 0.470. The number of nitrogens with two attached hydrogens (primary N) is 1. The molecule has 0 saturated heterocycles. The predicted molar refractivity (Wildman–Crippen MR) is 72.1 cm³/mol. The molecule has 4 nitrogen and oxygen atoms in total. The number of phenolic OH excluding ortho intramolecular Hbond substituents is 1. The van der Waals surface area contributed by atoms with Crippen LogP contribution in [0.25, 0.3) is 5.69 Å². The monoisotopic (exact) mass is 245 g/mol. The minimum Gasteiger partial charge on any atom is -0.506 e. The van der Waals surface area contributed by atoms with Gasteiger partial charge in [-0.1, -0.05) is 12.1 Å². The van der Waals surface area contributed by atoms with E-state index >= 15 is 0 Å². The van der Waals surface area contributed by atoms with Crippen molar-refractivity contribution in [3.05, 3.63) is 41.2 Å². The molecule has 96 valence electrons. The zero-order chi connectivity index (χ0) is 13.1. The van der Waals surface area contributed by atoms with E-state index in [1.165, 1.54) is 5.56 Å². The maximum Gasteiger partial charge on any atom is 0.141 e. The molecular formula is C14H19N3O. The first-order valence-corrected chi connectivity index (χ1v) is 6.18. The maximum absolute atomic E-state index is 9.88. The Labute approximate surface area is 107 Å². The predicted octanol–water partition coefficient (Wildman–Crippen LogP) is 2.09. The van der Waals surface area contributed by atoms with Gasteiger partial charge < -0.3 is 10.8 Å². The number of para-hydroxylation sites is 2. The van der Waals surface area contributed by atoms with E-state index < -0.39 is 0 Å². The van der Waals surface area contributed by atoms with Gasteiger partial charge in [0.1, 0.15) is 11.4 Å². The molecule has 0 spiro atoms. The SMILES string of the molecule is Cc1nn(-c2ccccc2O)c(C)c1CCCN. The molecule has 0 aliphatic rings. The molecule has 1 aromatic heterocycles. The van der Waals surface area contributed by atoms with E-state index in [1.54, 1.807) is 16.8 Å². The second kappa shape index (κ2) is 5.23. The Kier molecular flexibility index (Phi) is 3.67. The fourth-order valence-corrected chi connectivity index (χ4v) is 2.19. The van der Waals surface area contributed by atoms with Crippen molar-refractivity contribution in [1.29, 1.82) is 0 Å². The molecule has 0 atom stereocenters. The highest BCUT2D eigenvalue weighted by Gasteiger charge is 2.13. The first-order valence-electron chi connectivity index (χ1n) is 6.18. The van der Waals surface area contributed by atoms with Gasteiger partial charge in [0.15, 0.2) is 0 Å². The van der Waals surface area contributed by atoms with E-state index in [9.17, 15) is 5.11 Å². The smallest absolute Gasteiger partial charge is 0.141 e. The standard InChI is InChI=1S/C14H19N3O/c1-10-12(6-5-9-15)11(2)17(16-10)13-7-3-4-8-14(13)18/h3-4,7-8,18H,5-6,9,15H2,1-2H3. The lowest BCUT2D eigenvalue weighted by atomic mass is 10.1. The Morgan fingerprint density at radius 1 is 1.28 bits per heavy atom. The molecule has 1 aromatic carbocycles. The molecule has 1 heterocycles. The molecule has 0 aliphatic heterocycles. The summed E-state index contributed by atoms with van der Waals surface area (Å²) in [6, 6.07) is 7.23. The number of aromatic hydroxyl groups is 1. The lowest BCUT2D eigenvalue weighted by Crippen LogP contribution is -2.02. The second-order valence-electron chi connectivity index (χ2n) is 4.44. The van der Waals surface area contributed by atoms with Crippen LogP contribution < -0.4 is 5.73 Å². The average molecular weight is 245 g/mol. The van der Waals surface area contributed by atoms with Crippen LogP contribution in [-0.2, 0) is 6.42 Å². The highest BCUT2D eigenvalue weighted by atomic mass is 16.3. The van der Waals surface area contributed by atoms with Gasteiger partial charge in [-0.25, -0.2) is 4.68 Å². The van der Waals surface area contributed by atoms with E-state index in [2.05, 4.69) is 5.10 Å². The minimum atomic E-state index is 0.244. The molecule has 3 N–H and O–H groups in total. The van der Waals surface area contributed by atoms with Crippen molar-refractivity contribution in [1.82, 2.24) is 9.78 Å². The fourth-order valence-electron chi connectivity index (χ4n) is 2.19. The Morgan fingerprint density at radius 2 is 2.00 bits per heavy atom. The lowest BCUT2D eigenvalue weighted by Gasteiger charge is -2.07. The quantitative estimate of drug-likeness (QED) is 0.867. The molecule has 0 aliphatic carbocycles. The molecule has 0 saturated carbocycles. The van der Waals surface area contributed by atoms with Gasteiger partial charge >= 0.3 is 0 Å². The van der Waals surface area contributed by atoms with Crippen LogP contribution in [0, 0.1) is 13.8 Å². The highest BCUT2D eigenvalue weighted by Crippen LogP contribution is 2.24. The van der Waals surface area contributed by atoms with Crippen molar-refractivity contribution in [2.45, 2.75) is 26.7 Å². The molecule has 18 heavy (non-hydrogen) atoms. The number of nitrogens with zero attached hydrogens (tertiary/aromatic N) is 2. The number of benzene rings is 1. The van der Waals surface area contributed by atoms with E-state index in [-0.39, 0.29) is 5.75 Å². The van der Waals surface area contributed by atoms with Gasteiger partial charge in [0.2, 0.25) is 0 Å². The summed E-state index contributed by atoms with van der Waals surface area (Å²) in [4.78, 5) is 0. The zero-order valence-electron chi connectivity index (χ0n) is 10.8. The van der Waals surface area contributed by atoms with Crippen molar-refractivity contribution >= 4 is 0 Å². The van der Waals surface area contributed by atoms with Gasteiger partial charge in [0.25, 0.3) is 0 Å².